The van der Waals surface area contributed by atoms with E-state index in [1.54, 1.807) is 0 Å². The molecule has 0 bridgehead atoms. The number of fused-ring (bicyclic) bond motifs is 1. The molecular formula is C25H22Cl2N2O. The van der Waals surface area contributed by atoms with Crippen molar-refractivity contribution in [3.05, 3.63) is 94.2 Å². The molecule has 30 heavy (non-hydrogen) atoms. The predicted octanol–water partition coefficient (Wildman–Crippen LogP) is 7.37. The van der Waals surface area contributed by atoms with Crippen LogP contribution in [0, 0.1) is 0 Å². The van der Waals surface area contributed by atoms with Crippen LogP contribution >= 0.6 is 23.2 Å². The lowest BCUT2D eigenvalue weighted by molar-refractivity contribution is 0.303. The Balaban J connectivity index is 1.48. The maximum Gasteiger partial charge on any atom is 0.133 e. The Kier molecular flexibility index (Phi) is 6.73. The van der Waals surface area contributed by atoms with Crippen LogP contribution in [0.15, 0.2) is 72.8 Å². The molecule has 4 aromatic rings. The first-order valence-corrected chi connectivity index (χ1v) is 10.7. The highest BCUT2D eigenvalue weighted by atomic mass is 35.5. The van der Waals surface area contributed by atoms with E-state index in [1.807, 2.05) is 78.9 Å². The second kappa shape index (κ2) is 9.84. The zero-order valence-corrected chi connectivity index (χ0v) is 18.0. The Bertz CT molecular complexity index is 1130. The molecule has 3 aromatic carbocycles. The maximum atomic E-state index is 6.31. The third-order valence-electron chi connectivity index (χ3n) is 4.87. The summed E-state index contributed by atoms with van der Waals surface area (Å²) in [5.74, 6) is 1.79. The first-order chi connectivity index (χ1) is 14.7. The number of hydrogen-bond acceptors (Lipinski definition) is 2. The van der Waals surface area contributed by atoms with Crippen molar-refractivity contribution in [2.24, 2.45) is 0 Å². The summed E-state index contributed by atoms with van der Waals surface area (Å²) in [6.45, 7) is 1.55. The van der Waals surface area contributed by atoms with Gasteiger partial charge in [0.1, 0.15) is 11.6 Å². The summed E-state index contributed by atoms with van der Waals surface area (Å²) in [6.07, 6.45) is 5.86. The van der Waals surface area contributed by atoms with E-state index in [1.165, 1.54) is 0 Å². The van der Waals surface area contributed by atoms with Crippen molar-refractivity contribution >= 4 is 46.4 Å². The fourth-order valence-corrected chi connectivity index (χ4v) is 3.89. The van der Waals surface area contributed by atoms with Gasteiger partial charge in [0.05, 0.1) is 17.6 Å². The molecule has 0 N–H and O–H groups in total. The molecule has 152 valence electrons. The van der Waals surface area contributed by atoms with E-state index >= 15 is 0 Å². The van der Waals surface area contributed by atoms with Gasteiger partial charge >= 0.3 is 0 Å². The minimum Gasteiger partial charge on any atom is -0.494 e. The summed E-state index contributed by atoms with van der Waals surface area (Å²) in [7, 11) is 0. The van der Waals surface area contributed by atoms with Gasteiger partial charge in [0.25, 0.3) is 0 Å². The number of para-hydroxylation sites is 3. The Morgan fingerprint density at radius 2 is 1.53 bits per heavy atom. The molecule has 0 saturated carbocycles. The maximum absolute atomic E-state index is 6.31. The van der Waals surface area contributed by atoms with E-state index in [9.17, 15) is 0 Å². The summed E-state index contributed by atoms with van der Waals surface area (Å²) in [6, 6.07) is 23.6. The minimum atomic E-state index is 0.625. The summed E-state index contributed by atoms with van der Waals surface area (Å²) in [5.41, 5.74) is 2.89. The van der Waals surface area contributed by atoms with Crippen LogP contribution in [-0.2, 0) is 6.54 Å². The standard InChI is InChI=1S/C25H22Cl2N2O/c26-21-11-8-12-22(27)20(21)15-16-25-28-23-13-4-5-14-24(23)29(25)17-6-7-18-30-19-9-2-1-3-10-19/h1-5,8-16H,6-7,17-18H2/b16-15+. The van der Waals surface area contributed by atoms with E-state index < -0.39 is 0 Å². The van der Waals surface area contributed by atoms with E-state index in [2.05, 4.69) is 10.6 Å². The van der Waals surface area contributed by atoms with Gasteiger partial charge in [-0.2, -0.15) is 0 Å². The average molecular weight is 437 g/mol. The van der Waals surface area contributed by atoms with Crippen LogP contribution in [0.3, 0.4) is 0 Å². The van der Waals surface area contributed by atoms with Gasteiger partial charge in [-0.05, 0) is 61.4 Å². The molecule has 0 fully saturated rings. The molecule has 1 heterocycles. The highest BCUT2D eigenvalue weighted by Gasteiger charge is 2.09. The Morgan fingerprint density at radius 3 is 2.33 bits per heavy atom. The number of nitrogens with zero attached hydrogens (tertiary/aromatic N) is 2. The third-order valence-corrected chi connectivity index (χ3v) is 5.53. The van der Waals surface area contributed by atoms with Gasteiger partial charge in [-0.1, -0.05) is 59.6 Å². The highest BCUT2D eigenvalue weighted by Crippen LogP contribution is 2.27. The van der Waals surface area contributed by atoms with Crippen LogP contribution < -0.4 is 4.74 Å². The van der Waals surface area contributed by atoms with Crippen molar-refractivity contribution in [2.75, 3.05) is 6.61 Å². The predicted molar refractivity (Wildman–Crippen MR) is 126 cm³/mol. The van der Waals surface area contributed by atoms with E-state index in [0.717, 1.165) is 47.6 Å². The summed E-state index contributed by atoms with van der Waals surface area (Å²) < 4.78 is 8.04. The quantitative estimate of drug-likeness (QED) is 0.269. The Morgan fingerprint density at radius 1 is 0.800 bits per heavy atom. The molecule has 0 amide bonds. The molecule has 5 heteroatoms. The monoisotopic (exact) mass is 436 g/mol. The second-order valence-corrected chi connectivity index (χ2v) is 7.76. The number of rotatable bonds is 8. The zero-order valence-electron chi connectivity index (χ0n) is 16.5. The lowest BCUT2D eigenvalue weighted by Crippen LogP contribution is -2.04. The van der Waals surface area contributed by atoms with Crippen molar-refractivity contribution in [1.29, 1.82) is 0 Å². The molecular weight excluding hydrogens is 415 g/mol. The summed E-state index contributed by atoms with van der Waals surface area (Å²) >= 11 is 12.6. The number of hydrogen-bond donors (Lipinski definition) is 0. The Labute approximate surface area is 186 Å². The van der Waals surface area contributed by atoms with Gasteiger partial charge < -0.3 is 9.30 Å². The smallest absolute Gasteiger partial charge is 0.133 e. The van der Waals surface area contributed by atoms with Crippen LogP contribution in [-0.4, -0.2) is 16.2 Å². The van der Waals surface area contributed by atoms with Gasteiger partial charge in [-0.25, -0.2) is 4.98 Å². The van der Waals surface area contributed by atoms with Gasteiger partial charge in [0.2, 0.25) is 0 Å². The van der Waals surface area contributed by atoms with Crippen molar-refractivity contribution in [3.63, 3.8) is 0 Å². The molecule has 0 spiro atoms. The van der Waals surface area contributed by atoms with Crippen molar-refractivity contribution in [1.82, 2.24) is 9.55 Å². The SMILES string of the molecule is Clc1cccc(Cl)c1/C=C/c1nc2ccccc2n1CCCCOc1ccccc1. The largest absolute Gasteiger partial charge is 0.494 e. The van der Waals surface area contributed by atoms with Gasteiger partial charge in [-0.15, -0.1) is 0 Å². The van der Waals surface area contributed by atoms with Crippen molar-refractivity contribution in [2.45, 2.75) is 19.4 Å². The normalized spacial score (nSPS) is 11.4. The van der Waals surface area contributed by atoms with Crippen molar-refractivity contribution < 1.29 is 4.74 Å². The fourth-order valence-electron chi connectivity index (χ4n) is 3.36. The highest BCUT2D eigenvalue weighted by molar-refractivity contribution is 6.37. The molecule has 0 saturated heterocycles. The minimum absolute atomic E-state index is 0.625. The number of imidazole rings is 1. The molecule has 1 aromatic heterocycles. The first-order valence-electron chi connectivity index (χ1n) is 9.97. The molecule has 0 aliphatic heterocycles. The molecule has 4 rings (SSSR count). The topological polar surface area (TPSA) is 27.1 Å². The zero-order chi connectivity index (χ0) is 20.8. The average Bonchev–Trinajstić information content (AvgIpc) is 3.11. The number of unbranched alkanes of at least 4 members (excludes halogenated alkanes) is 1. The fraction of sp³-hybridized carbons (Fsp3) is 0.160. The Hall–Kier alpha value is -2.75. The van der Waals surface area contributed by atoms with Gasteiger partial charge in [0.15, 0.2) is 0 Å². The molecule has 0 radical (unpaired) electrons. The number of aryl methyl sites for hydroxylation is 1. The second-order valence-electron chi connectivity index (χ2n) is 6.95. The van der Waals surface area contributed by atoms with Gasteiger partial charge in [0, 0.05) is 22.2 Å². The van der Waals surface area contributed by atoms with E-state index in [-0.39, 0.29) is 0 Å². The third kappa shape index (κ3) is 4.86. The van der Waals surface area contributed by atoms with E-state index in [4.69, 9.17) is 32.9 Å². The molecule has 0 aliphatic carbocycles. The first kappa shape index (κ1) is 20.5. The lowest BCUT2D eigenvalue weighted by Gasteiger charge is -2.09. The van der Waals surface area contributed by atoms with Crippen LogP contribution in [0.1, 0.15) is 24.2 Å². The van der Waals surface area contributed by atoms with Crippen molar-refractivity contribution in [3.8, 4) is 5.75 Å². The van der Waals surface area contributed by atoms with Gasteiger partial charge in [-0.3, -0.25) is 0 Å². The van der Waals surface area contributed by atoms with Crippen LogP contribution in [0.25, 0.3) is 23.2 Å². The summed E-state index contributed by atoms with van der Waals surface area (Å²) in [5, 5.41) is 1.25. The number of aromatic nitrogens is 2. The van der Waals surface area contributed by atoms with Crippen LogP contribution in [0.5, 0.6) is 5.75 Å². The number of ether oxygens (including phenoxy) is 1. The molecule has 0 aliphatic rings. The summed E-state index contributed by atoms with van der Waals surface area (Å²) in [4.78, 5) is 4.79. The molecule has 0 atom stereocenters. The number of halogens is 2. The number of benzene rings is 3. The lowest BCUT2D eigenvalue weighted by atomic mass is 10.2. The van der Waals surface area contributed by atoms with Crippen LogP contribution in [0.4, 0.5) is 0 Å². The van der Waals surface area contributed by atoms with E-state index in [0.29, 0.717) is 16.7 Å². The molecule has 3 nitrogen and oxygen atoms in total. The van der Waals surface area contributed by atoms with Crippen LogP contribution in [0.2, 0.25) is 10.0 Å². The molecule has 0 unspecified atom stereocenters.